The minimum atomic E-state index is -1.37. The molecule has 0 atom stereocenters. The normalized spacial score (nSPS) is 10.8. The first-order chi connectivity index (χ1) is 32.0. The second kappa shape index (κ2) is 19.2. The van der Waals surface area contributed by atoms with E-state index in [1.54, 1.807) is 36.4 Å². The van der Waals surface area contributed by atoms with Crippen LogP contribution in [-0.2, 0) is 17.6 Å². The highest BCUT2D eigenvalue weighted by Gasteiger charge is 2.26. The van der Waals surface area contributed by atoms with E-state index in [1.807, 2.05) is 0 Å². The number of nitro groups is 2. The quantitative estimate of drug-likeness (QED) is 0.0333. The van der Waals surface area contributed by atoms with Crippen LogP contribution in [0.4, 0.5) is 40.6 Å². The Balaban J connectivity index is 0.000000199. The summed E-state index contributed by atoms with van der Waals surface area (Å²) in [4.78, 5) is 69.5. The summed E-state index contributed by atoms with van der Waals surface area (Å²) in [6, 6.07) is 22.9. The Bertz CT molecular complexity index is 3280. The number of nitrogens with one attached hydrogen (secondary N) is 4. The fourth-order valence-electron chi connectivity index (χ4n) is 6.91. The molecule has 0 saturated heterocycles. The van der Waals surface area contributed by atoms with Gasteiger partial charge in [0.2, 0.25) is 0 Å². The van der Waals surface area contributed by atoms with Crippen molar-refractivity contribution in [3.63, 3.8) is 0 Å². The van der Waals surface area contributed by atoms with Gasteiger partial charge in [-0.15, -0.1) is 0 Å². The lowest BCUT2D eigenvalue weighted by atomic mass is 10.0. The molecule has 5 N–H and O–H groups in total. The summed E-state index contributed by atoms with van der Waals surface area (Å²) in [5, 5.41) is 51.3. The minimum absolute atomic E-state index is 0.0746. The number of anilines is 2. The van der Waals surface area contributed by atoms with Crippen molar-refractivity contribution in [2.24, 2.45) is 0 Å². The number of hydrogen-bond donors (Lipinski definition) is 5. The molecule has 0 bridgehead atoms. The second-order valence-corrected chi connectivity index (χ2v) is 14.5. The largest absolute Gasteiger partial charge is 0.478 e. The second-order valence-electron chi connectivity index (χ2n) is 14.5. The monoisotopic (exact) mass is 918 g/mol. The number of carboxylic acids is 1. The van der Waals surface area contributed by atoms with Crippen molar-refractivity contribution in [2.75, 3.05) is 17.7 Å². The first-order valence-corrected chi connectivity index (χ1v) is 19.3. The van der Waals surface area contributed by atoms with Crippen molar-refractivity contribution in [1.29, 1.82) is 0 Å². The van der Waals surface area contributed by atoms with E-state index in [4.69, 9.17) is 5.11 Å². The van der Waals surface area contributed by atoms with E-state index in [-0.39, 0.29) is 46.7 Å². The van der Waals surface area contributed by atoms with E-state index in [0.717, 1.165) is 49.6 Å². The maximum Gasteiger partial charge on any atom is 0.338 e. The molecule has 6 aromatic carbocycles. The topological polar surface area (TPSA) is 265 Å². The van der Waals surface area contributed by atoms with Gasteiger partial charge in [0.1, 0.15) is 34.4 Å². The summed E-state index contributed by atoms with van der Waals surface area (Å²) in [6.07, 6.45) is 0.439. The zero-order valence-electron chi connectivity index (χ0n) is 34.2. The molecule has 0 fully saturated rings. The number of esters is 1. The molecule has 2 amide bonds. The number of aromatic amines is 2. The highest BCUT2D eigenvalue weighted by atomic mass is 19.1. The Morgan fingerprint density at radius 3 is 1.37 bits per heavy atom. The van der Waals surface area contributed by atoms with Gasteiger partial charge in [-0.3, -0.25) is 40.0 Å². The number of carbonyl (C=O) groups is 4. The van der Waals surface area contributed by atoms with Gasteiger partial charge >= 0.3 is 11.9 Å². The van der Waals surface area contributed by atoms with Gasteiger partial charge in [-0.25, -0.2) is 27.2 Å². The van der Waals surface area contributed by atoms with Crippen LogP contribution in [0.25, 0.3) is 21.8 Å². The number of H-pyrrole nitrogens is 2. The Labute approximate surface area is 372 Å². The predicted molar refractivity (Wildman–Crippen MR) is 231 cm³/mol. The number of rotatable bonds is 12. The van der Waals surface area contributed by atoms with Crippen LogP contribution in [-0.4, -0.2) is 66.2 Å². The van der Waals surface area contributed by atoms with E-state index in [2.05, 4.69) is 35.8 Å². The fourth-order valence-corrected chi connectivity index (χ4v) is 6.91. The maximum absolute atomic E-state index is 13.5. The van der Waals surface area contributed by atoms with Crippen molar-refractivity contribution in [2.45, 2.75) is 12.8 Å². The minimum Gasteiger partial charge on any atom is -0.478 e. The highest BCUT2D eigenvalue weighted by Crippen LogP contribution is 2.29. The van der Waals surface area contributed by atoms with Crippen LogP contribution in [0, 0.1) is 43.5 Å². The standard InChI is InChI=1S/C23H16F2N4O5.C22H14F2N4O5/c1-34-23(31)14-3-4-17(20(10-14)29(32)33)22(30)26-21-18-9-12(2-5-19(18)27-28-21)6-13-7-15(24)11-16(25)8-13;23-14-6-12(7-15(24)10-14)5-11-1-4-18-17(8-11)20(27-26-18)25-21(29)16-3-2-13(22(30)31)9-19(16)28(32)33/h2-5,7-11H,6H2,1H3,(H2,26,27,28,30);1-4,6-10H,5H2,(H,30,31)(H2,25,26,27,29). The number of fused-ring (bicyclic) bond motifs is 2. The smallest absolute Gasteiger partial charge is 0.338 e. The maximum atomic E-state index is 13.5. The molecule has 67 heavy (non-hydrogen) atoms. The van der Waals surface area contributed by atoms with Gasteiger partial charge < -0.3 is 20.5 Å². The molecule has 2 heterocycles. The SMILES string of the molecule is COC(=O)c1ccc(C(=O)Nc2n[nH]c3ccc(Cc4cc(F)cc(F)c4)cc23)c([N+](=O)[O-])c1.O=C(O)c1ccc(C(=O)Nc2n[nH]c3ccc(Cc4cc(F)cc(F)c4)cc23)c([N+](=O)[O-])c1. The molecule has 0 saturated carbocycles. The number of halogens is 4. The number of carbonyl (C=O) groups excluding carboxylic acids is 3. The molecule has 0 aliphatic rings. The van der Waals surface area contributed by atoms with E-state index >= 15 is 0 Å². The lowest BCUT2D eigenvalue weighted by Gasteiger charge is -2.07. The molecule has 0 aliphatic carbocycles. The lowest BCUT2D eigenvalue weighted by Crippen LogP contribution is -2.15. The molecule has 338 valence electrons. The van der Waals surface area contributed by atoms with Crippen LogP contribution in [0.2, 0.25) is 0 Å². The van der Waals surface area contributed by atoms with Gasteiger partial charge in [0.05, 0.1) is 39.1 Å². The molecular weight excluding hydrogens is 889 g/mol. The summed E-state index contributed by atoms with van der Waals surface area (Å²) >= 11 is 0. The molecule has 18 nitrogen and oxygen atoms in total. The molecule has 0 unspecified atom stereocenters. The van der Waals surface area contributed by atoms with Crippen LogP contribution in [0.1, 0.15) is 63.7 Å². The van der Waals surface area contributed by atoms with Gasteiger partial charge in [-0.2, -0.15) is 10.2 Å². The van der Waals surface area contributed by atoms with Gasteiger partial charge in [0, 0.05) is 35.0 Å². The Morgan fingerprint density at radius 2 is 0.985 bits per heavy atom. The number of carboxylic acid groups (broad SMARTS) is 1. The third-order valence-corrected chi connectivity index (χ3v) is 9.93. The number of methoxy groups -OCH3 is 1. The van der Waals surface area contributed by atoms with Crippen LogP contribution < -0.4 is 10.6 Å². The third-order valence-electron chi connectivity index (χ3n) is 9.93. The van der Waals surface area contributed by atoms with E-state index in [9.17, 15) is 57.0 Å². The van der Waals surface area contributed by atoms with Gasteiger partial charge in [0.25, 0.3) is 23.2 Å². The molecule has 8 rings (SSSR count). The predicted octanol–water partition coefficient (Wildman–Crippen LogP) is 8.67. The Kier molecular flexibility index (Phi) is 13.1. The molecule has 2 aromatic heterocycles. The number of ether oxygens (including phenoxy) is 1. The number of aromatic nitrogens is 4. The van der Waals surface area contributed by atoms with Crippen molar-refractivity contribution in [3.8, 4) is 0 Å². The van der Waals surface area contributed by atoms with E-state index in [1.165, 1.54) is 30.3 Å². The Hall–Kier alpha value is -9.34. The molecule has 0 spiro atoms. The fraction of sp³-hybridized carbons (Fsp3) is 0.0667. The van der Waals surface area contributed by atoms with Crippen LogP contribution in [0.5, 0.6) is 0 Å². The molecule has 22 heteroatoms. The molecule has 0 aliphatic heterocycles. The van der Waals surface area contributed by atoms with Crippen LogP contribution >= 0.6 is 0 Å². The number of nitro benzene ring substituents is 2. The number of benzene rings is 6. The summed E-state index contributed by atoms with van der Waals surface area (Å²) in [5.41, 5.74) is 1.07. The summed E-state index contributed by atoms with van der Waals surface area (Å²) in [6.45, 7) is 0. The molecule has 0 radical (unpaired) electrons. The number of hydrogen-bond acceptors (Lipinski definition) is 11. The first-order valence-electron chi connectivity index (χ1n) is 19.3. The number of amides is 2. The van der Waals surface area contributed by atoms with Crippen LogP contribution in [0.3, 0.4) is 0 Å². The van der Waals surface area contributed by atoms with Crippen molar-refractivity contribution >= 4 is 68.6 Å². The van der Waals surface area contributed by atoms with E-state index in [0.29, 0.717) is 44.1 Å². The summed E-state index contributed by atoms with van der Waals surface area (Å²) < 4.78 is 58.5. The average Bonchev–Trinajstić information content (AvgIpc) is 3.87. The Morgan fingerprint density at radius 1 is 0.582 bits per heavy atom. The van der Waals surface area contributed by atoms with Gasteiger partial charge in [0.15, 0.2) is 11.6 Å². The summed E-state index contributed by atoms with van der Waals surface area (Å²) in [7, 11) is 1.14. The van der Waals surface area contributed by atoms with Gasteiger partial charge in [-0.1, -0.05) is 12.1 Å². The first kappa shape index (κ1) is 45.7. The van der Waals surface area contributed by atoms with Crippen LogP contribution in [0.15, 0.2) is 109 Å². The zero-order chi connectivity index (χ0) is 48.1. The number of aromatic carboxylic acids is 1. The molecule has 8 aromatic rings. The van der Waals surface area contributed by atoms with Crippen molar-refractivity contribution in [3.05, 3.63) is 197 Å². The summed E-state index contributed by atoms with van der Waals surface area (Å²) in [5.74, 6) is -6.39. The van der Waals surface area contributed by atoms with Crippen molar-refractivity contribution in [1.82, 2.24) is 20.4 Å². The highest BCUT2D eigenvalue weighted by molar-refractivity contribution is 6.11. The third kappa shape index (κ3) is 10.6. The number of nitrogens with zero attached hydrogens (tertiary/aromatic N) is 4. The zero-order valence-corrected chi connectivity index (χ0v) is 34.2. The van der Waals surface area contributed by atoms with E-state index < -0.39 is 68.2 Å². The van der Waals surface area contributed by atoms with Gasteiger partial charge in [-0.05, 0) is 108 Å². The molecular formula is C45H30F4N8O10. The van der Waals surface area contributed by atoms with Crippen molar-refractivity contribution < 1.29 is 56.4 Å². The lowest BCUT2D eigenvalue weighted by molar-refractivity contribution is -0.385. The average molecular weight is 919 g/mol.